The van der Waals surface area contributed by atoms with Gasteiger partial charge in [0.15, 0.2) is 18.1 Å². The van der Waals surface area contributed by atoms with Crippen LogP contribution in [0.15, 0.2) is 24.3 Å². The maximum Gasteiger partial charge on any atom is 0.171 e. The summed E-state index contributed by atoms with van der Waals surface area (Å²) in [5.41, 5.74) is 0.861. The number of hydrogen-bond acceptors (Lipinski definition) is 3. The smallest absolute Gasteiger partial charge is 0.171 e. The predicted octanol–water partition coefficient (Wildman–Crippen LogP) is 7.27. The van der Waals surface area contributed by atoms with E-state index in [1.807, 2.05) is 0 Å². The first-order chi connectivity index (χ1) is 15.9. The van der Waals surface area contributed by atoms with Gasteiger partial charge in [0.1, 0.15) is 6.10 Å². The molecule has 0 aromatic heterocycles. The summed E-state index contributed by atoms with van der Waals surface area (Å²) in [7, 11) is -2.17. The van der Waals surface area contributed by atoms with Crippen molar-refractivity contribution in [2.75, 3.05) is 6.61 Å². The minimum absolute atomic E-state index is 0.257. The van der Waals surface area contributed by atoms with Gasteiger partial charge in [0.2, 0.25) is 0 Å². The summed E-state index contributed by atoms with van der Waals surface area (Å²) in [6.07, 6.45) is 15.2. The monoisotopic (exact) mass is 508 g/mol. The molecule has 2 fully saturated rings. The van der Waals surface area contributed by atoms with E-state index in [-0.39, 0.29) is 11.0 Å². The van der Waals surface area contributed by atoms with Gasteiger partial charge in [-0.1, -0.05) is 72.1 Å². The second-order valence-electron chi connectivity index (χ2n) is 12.8. The first kappa shape index (κ1) is 30.0. The lowest BCUT2D eigenvalue weighted by molar-refractivity contribution is -0.0429. The van der Waals surface area contributed by atoms with Crippen LogP contribution in [-0.4, -0.2) is 41.5 Å². The van der Waals surface area contributed by atoms with E-state index < -0.39 is 24.2 Å². The van der Waals surface area contributed by atoms with Gasteiger partial charge < -0.3 is 14.0 Å². The van der Waals surface area contributed by atoms with Crippen LogP contribution in [-0.2, 0) is 8.85 Å². The van der Waals surface area contributed by atoms with Crippen molar-refractivity contribution in [3.63, 3.8) is 0 Å². The summed E-state index contributed by atoms with van der Waals surface area (Å²) >= 11 is 0. The molecule has 0 bridgehead atoms. The Morgan fingerprint density at radius 1 is 1.12 bits per heavy atom. The van der Waals surface area contributed by atoms with Crippen LogP contribution in [0.5, 0.6) is 0 Å². The van der Waals surface area contributed by atoms with Crippen LogP contribution < -0.4 is 0 Å². The van der Waals surface area contributed by atoms with Crippen LogP contribution in [0.25, 0.3) is 0 Å². The van der Waals surface area contributed by atoms with Crippen molar-refractivity contribution in [3.8, 4) is 0 Å². The second kappa shape index (κ2) is 13.4. The fraction of sp³-hybridized carbons (Fsp3) is 0.862. The third-order valence-electron chi connectivity index (χ3n) is 8.22. The number of rotatable bonds is 14. The first-order valence-corrected chi connectivity index (χ1v) is 19.8. The summed E-state index contributed by atoms with van der Waals surface area (Å²) in [6, 6.07) is 0. The van der Waals surface area contributed by atoms with Gasteiger partial charge >= 0.3 is 0 Å². The molecule has 1 N–H and O–H groups in total. The molecule has 2 aliphatic rings. The van der Waals surface area contributed by atoms with Gasteiger partial charge in [-0.3, -0.25) is 0 Å². The molecule has 5 heteroatoms. The molecule has 1 unspecified atom stereocenters. The van der Waals surface area contributed by atoms with E-state index in [1.54, 1.807) is 0 Å². The molecule has 0 saturated heterocycles. The lowest BCUT2D eigenvalue weighted by atomic mass is 9.76. The number of allylic oxidation sites excluding steroid dienone is 2. The zero-order chi connectivity index (χ0) is 25.5. The fourth-order valence-electron chi connectivity index (χ4n) is 6.45. The highest BCUT2D eigenvalue weighted by molar-refractivity contribution is 6.48. The highest BCUT2D eigenvalue weighted by Crippen LogP contribution is 2.58. The molecular formula is C29H56O3Si2. The van der Waals surface area contributed by atoms with Crippen LogP contribution in [0, 0.1) is 29.1 Å². The molecule has 6 atom stereocenters. The standard InChI is InChI=1S/C29H56O3Si2/c1-10-11-15-23-21-29(32-34(8)9)26(20-22(2)27(29)30)25(23)18-17-24(28(3,4)5)16-13-12-14-19-31-33(6)7/h17-18,23-27,30,33-34H,2,10-16,19-21H2,1,3-9H3/t23-,24+,25-,26+,27?,29+/m1/s1. The Morgan fingerprint density at radius 2 is 1.82 bits per heavy atom. The van der Waals surface area contributed by atoms with Gasteiger partial charge in [0.25, 0.3) is 0 Å². The van der Waals surface area contributed by atoms with Crippen molar-refractivity contribution in [1.82, 2.24) is 0 Å². The van der Waals surface area contributed by atoms with E-state index >= 15 is 0 Å². The summed E-state index contributed by atoms with van der Waals surface area (Å²) in [5.74, 6) is 2.04. The molecular weight excluding hydrogens is 452 g/mol. The summed E-state index contributed by atoms with van der Waals surface area (Å²) < 4.78 is 12.6. The van der Waals surface area contributed by atoms with Gasteiger partial charge in [-0.2, -0.15) is 0 Å². The van der Waals surface area contributed by atoms with Crippen molar-refractivity contribution in [3.05, 3.63) is 24.3 Å². The molecule has 0 aliphatic heterocycles. The van der Waals surface area contributed by atoms with Crippen LogP contribution in [0.3, 0.4) is 0 Å². The Labute approximate surface area is 215 Å². The molecule has 0 amide bonds. The quantitative estimate of drug-likeness (QED) is 0.152. The molecule has 34 heavy (non-hydrogen) atoms. The third kappa shape index (κ3) is 7.90. The van der Waals surface area contributed by atoms with Gasteiger partial charge in [-0.15, -0.1) is 0 Å². The molecule has 0 heterocycles. The minimum atomic E-state index is -1.29. The molecule has 2 rings (SSSR count). The molecule has 3 nitrogen and oxygen atoms in total. The molecule has 198 valence electrons. The maximum atomic E-state index is 11.2. The molecule has 2 saturated carbocycles. The van der Waals surface area contributed by atoms with Gasteiger partial charge in [-0.25, -0.2) is 0 Å². The number of fused-ring (bicyclic) bond motifs is 1. The van der Waals surface area contributed by atoms with E-state index in [1.165, 1.54) is 44.9 Å². The van der Waals surface area contributed by atoms with Gasteiger partial charge in [-0.05, 0) is 93.0 Å². The highest BCUT2D eigenvalue weighted by atomic mass is 28.3. The lowest BCUT2D eigenvalue weighted by Gasteiger charge is -2.36. The zero-order valence-corrected chi connectivity index (χ0v) is 26.0. The van der Waals surface area contributed by atoms with Crippen molar-refractivity contribution in [2.45, 2.75) is 123 Å². The molecule has 0 spiro atoms. The van der Waals surface area contributed by atoms with Crippen LogP contribution >= 0.6 is 0 Å². The Hall–Kier alpha value is -0.206. The minimum Gasteiger partial charge on any atom is -0.421 e. The van der Waals surface area contributed by atoms with Gasteiger partial charge in [0, 0.05) is 6.61 Å². The average Bonchev–Trinajstić information content (AvgIpc) is 3.13. The van der Waals surface area contributed by atoms with Crippen molar-refractivity contribution < 1.29 is 14.0 Å². The summed E-state index contributed by atoms with van der Waals surface area (Å²) in [5, 5.41) is 11.2. The number of hydrogen-bond donors (Lipinski definition) is 1. The molecule has 0 radical (unpaired) electrons. The van der Waals surface area contributed by atoms with Crippen molar-refractivity contribution >= 4 is 18.1 Å². The first-order valence-electron chi connectivity index (χ1n) is 14.3. The van der Waals surface area contributed by atoms with E-state index in [0.717, 1.165) is 25.0 Å². The Morgan fingerprint density at radius 3 is 2.41 bits per heavy atom. The zero-order valence-electron chi connectivity index (χ0n) is 23.7. The predicted molar refractivity (Wildman–Crippen MR) is 152 cm³/mol. The number of aliphatic hydroxyl groups excluding tert-OH is 1. The van der Waals surface area contributed by atoms with E-state index in [2.05, 4.69) is 72.6 Å². The van der Waals surface area contributed by atoms with Crippen LogP contribution in [0.2, 0.25) is 26.2 Å². The maximum absolute atomic E-state index is 11.2. The SMILES string of the molecule is C=C1C[C@H]2[C@H](C=C[C@H](CCCCCO[SiH](C)C)C(C)(C)C)[C@H](CCCC)C[C@@]2(O[SiH](C)C)C1O. The average molecular weight is 509 g/mol. The Kier molecular flexibility index (Phi) is 11.8. The fourth-order valence-corrected chi connectivity index (χ4v) is 8.36. The number of aliphatic hydroxyl groups is 1. The van der Waals surface area contributed by atoms with E-state index in [9.17, 15) is 5.11 Å². The van der Waals surface area contributed by atoms with E-state index in [0.29, 0.717) is 23.7 Å². The van der Waals surface area contributed by atoms with Gasteiger partial charge in [0.05, 0.1) is 5.60 Å². The van der Waals surface area contributed by atoms with Crippen molar-refractivity contribution in [1.29, 1.82) is 0 Å². The summed E-state index contributed by atoms with van der Waals surface area (Å²) in [6.45, 7) is 23.6. The topological polar surface area (TPSA) is 38.7 Å². The van der Waals surface area contributed by atoms with E-state index in [4.69, 9.17) is 8.85 Å². The molecule has 2 aliphatic carbocycles. The molecule has 0 aromatic carbocycles. The largest absolute Gasteiger partial charge is 0.421 e. The van der Waals surface area contributed by atoms with Crippen LogP contribution in [0.1, 0.15) is 85.5 Å². The Bertz CT molecular complexity index is 654. The summed E-state index contributed by atoms with van der Waals surface area (Å²) in [4.78, 5) is 0. The Balaban J connectivity index is 2.16. The normalized spacial score (nSPS) is 30.7. The third-order valence-corrected chi connectivity index (χ3v) is 10.0. The number of unbranched alkanes of at least 4 members (excludes halogenated alkanes) is 3. The second-order valence-corrected chi connectivity index (χ2v) is 17.6. The lowest BCUT2D eigenvalue weighted by Crippen LogP contribution is -2.46. The molecule has 0 aromatic rings. The highest BCUT2D eigenvalue weighted by Gasteiger charge is 2.61. The van der Waals surface area contributed by atoms with Crippen molar-refractivity contribution in [2.24, 2.45) is 29.1 Å². The van der Waals surface area contributed by atoms with Crippen LogP contribution in [0.4, 0.5) is 0 Å².